The highest BCUT2D eigenvalue weighted by Crippen LogP contribution is 2.42. The van der Waals surface area contributed by atoms with Crippen molar-refractivity contribution in [3.8, 4) is 22.4 Å². The first-order chi connectivity index (χ1) is 24.8. The number of carbonyl (C=O) groups is 2. The first-order valence-electron chi connectivity index (χ1n) is 18.3. The van der Waals surface area contributed by atoms with Crippen LogP contribution in [0.15, 0.2) is 97.3 Å². The molecule has 4 atom stereocenters. The summed E-state index contributed by atoms with van der Waals surface area (Å²) >= 11 is 0. The summed E-state index contributed by atoms with van der Waals surface area (Å²) in [7, 11) is 0. The van der Waals surface area contributed by atoms with Crippen LogP contribution in [0.1, 0.15) is 88.2 Å². The Hall–Kier alpha value is -4.73. The number of benzene rings is 3. The van der Waals surface area contributed by atoms with Crippen LogP contribution in [-0.4, -0.2) is 50.5 Å². The lowest BCUT2D eigenvalue weighted by Gasteiger charge is -2.21. The quantitative estimate of drug-likeness (QED) is 0.0622. The molecule has 0 aliphatic carbocycles. The summed E-state index contributed by atoms with van der Waals surface area (Å²) in [5.41, 5.74) is 5.14. The molecule has 0 spiro atoms. The van der Waals surface area contributed by atoms with Crippen molar-refractivity contribution < 1.29 is 29.3 Å². The van der Waals surface area contributed by atoms with E-state index in [0.717, 1.165) is 28.1 Å². The number of aromatic nitrogens is 1. The molecule has 0 bridgehead atoms. The number of hydrogen-bond donors (Lipinski definition) is 5. The number of nitrogens with one attached hydrogen (secondary N) is 2. The van der Waals surface area contributed by atoms with E-state index < -0.39 is 12.2 Å². The molecule has 0 fully saturated rings. The minimum absolute atomic E-state index is 0.0425. The molecule has 0 radical (unpaired) electrons. The van der Waals surface area contributed by atoms with Crippen LogP contribution >= 0.6 is 0 Å². The van der Waals surface area contributed by atoms with Gasteiger partial charge in [0.1, 0.15) is 5.82 Å². The molecule has 9 heteroatoms. The molecule has 52 heavy (non-hydrogen) atoms. The molecule has 5 N–H and O–H groups in total. The van der Waals surface area contributed by atoms with Crippen molar-refractivity contribution >= 4 is 17.5 Å². The average molecular weight is 712 g/mol. The third-order valence-electron chi connectivity index (χ3n) is 9.29. The Bertz CT molecular complexity index is 1760. The molecule has 1 aromatic heterocycles. The summed E-state index contributed by atoms with van der Waals surface area (Å²) in [4.78, 5) is 27.0. The van der Waals surface area contributed by atoms with Gasteiger partial charge in [-0.15, -0.1) is 0 Å². The van der Waals surface area contributed by atoms with Gasteiger partial charge in [0.05, 0.1) is 29.2 Å². The van der Waals surface area contributed by atoms with E-state index in [2.05, 4.69) is 21.8 Å². The van der Waals surface area contributed by atoms with Crippen LogP contribution in [0.4, 0.5) is 10.1 Å². The van der Waals surface area contributed by atoms with E-state index in [-0.39, 0.29) is 54.0 Å². The van der Waals surface area contributed by atoms with Gasteiger partial charge < -0.3 is 30.5 Å². The highest BCUT2D eigenvalue weighted by molar-refractivity contribution is 6.12. The molecule has 4 aromatic rings. The molecule has 0 aliphatic heterocycles. The Morgan fingerprint density at radius 1 is 0.788 bits per heavy atom. The Morgan fingerprint density at radius 3 is 2.02 bits per heavy atom. The van der Waals surface area contributed by atoms with Crippen LogP contribution in [0.5, 0.6) is 0 Å². The Morgan fingerprint density at radius 2 is 1.40 bits per heavy atom. The molecule has 4 rings (SSSR count). The van der Waals surface area contributed by atoms with Crippen molar-refractivity contribution in [1.29, 1.82) is 0 Å². The van der Waals surface area contributed by atoms with Crippen LogP contribution in [0.2, 0.25) is 0 Å². The molecule has 2 amide bonds. The predicted octanol–water partition coefficient (Wildman–Crippen LogP) is 8.86. The van der Waals surface area contributed by atoms with Crippen LogP contribution in [0.25, 0.3) is 22.4 Å². The van der Waals surface area contributed by atoms with Crippen LogP contribution in [0, 0.1) is 17.7 Å². The first-order valence-corrected chi connectivity index (χ1v) is 18.3. The van der Waals surface area contributed by atoms with Crippen molar-refractivity contribution in [2.75, 3.05) is 11.9 Å². The maximum absolute atomic E-state index is 14.3. The topological polar surface area (TPSA) is 124 Å². The van der Waals surface area contributed by atoms with Crippen molar-refractivity contribution in [2.24, 2.45) is 11.8 Å². The monoisotopic (exact) mass is 711 g/mol. The number of halogens is 1. The predicted molar refractivity (Wildman–Crippen MR) is 207 cm³/mol. The van der Waals surface area contributed by atoms with Gasteiger partial charge in [0, 0.05) is 42.9 Å². The largest absolute Gasteiger partial charge is 0.513 e. The van der Waals surface area contributed by atoms with Crippen molar-refractivity contribution in [1.82, 2.24) is 9.88 Å². The zero-order valence-electron chi connectivity index (χ0n) is 30.8. The summed E-state index contributed by atoms with van der Waals surface area (Å²) in [6.45, 7) is 12.3. The van der Waals surface area contributed by atoms with Gasteiger partial charge in [0.2, 0.25) is 5.91 Å². The van der Waals surface area contributed by atoms with E-state index >= 15 is 0 Å². The van der Waals surface area contributed by atoms with Crippen LogP contribution in [0.3, 0.4) is 0 Å². The number of aliphatic hydroxyl groups excluding tert-OH is 3. The number of rotatable bonds is 19. The van der Waals surface area contributed by atoms with E-state index in [1.165, 1.54) is 12.1 Å². The van der Waals surface area contributed by atoms with E-state index in [4.69, 9.17) is 0 Å². The molecule has 0 saturated heterocycles. The molecule has 278 valence electrons. The minimum atomic E-state index is -0.712. The van der Waals surface area contributed by atoms with Crippen molar-refractivity contribution in [3.63, 3.8) is 0 Å². The third-order valence-corrected chi connectivity index (χ3v) is 9.29. The summed E-state index contributed by atoms with van der Waals surface area (Å²) < 4.78 is 16.3. The fourth-order valence-corrected chi connectivity index (χ4v) is 6.94. The SMILES string of the molecule is C=C(O)C[C@H](O)C[C@H](C)CCNC(=O)C[C@H](C)C[C@H](O)CCn1c(-c2ccc(F)cc2)c(-c2ccccc2)c(C(=O)Nc2ccccc2)c1C(C)C. The summed E-state index contributed by atoms with van der Waals surface area (Å²) in [5, 5.41) is 36.6. The van der Waals surface area contributed by atoms with E-state index in [9.17, 15) is 29.3 Å². The van der Waals surface area contributed by atoms with E-state index in [0.29, 0.717) is 50.0 Å². The van der Waals surface area contributed by atoms with Crippen LogP contribution in [-0.2, 0) is 11.3 Å². The zero-order valence-corrected chi connectivity index (χ0v) is 30.8. The fraction of sp³-hybridized carbons (Fsp3) is 0.395. The average Bonchev–Trinajstić information content (AvgIpc) is 3.43. The van der Waals surface area contributed by atoms with Gasteiger partial charge in [-0.05, 0) is 91.0 Å². The number of aliphatic hydroxyl groups is 3. The maximum Gasteiger partial charge on any atom is 0.258 e. The Balaban J connectivity index is 1.55. The smallest absolute Gasteiger partial charge is 0.258 e. The highest BCUT2D eigenvalue weighted by atomic mass is 19.1. The molecule has 1 heterocycles. The maximum atomic E-state index is 14.3. The summed E-state index contributed by atoms with van der Waals surface area (Å²) in [6.07, 6.45) is 1.03. The first kappa shape index (κ1) is 40.0. The lowest BCUT2D eigenvalue weighted by atomic mass is 9.94. The molecule has 0 saturated carbocycles. The zero-order chi connectivity index (χ0) is 37.8. The van der Waals surface area contributed by atoms with E-state index in [1.54, 1.807) is 12.1 Å². The summed E-state index contributed by atoms with van der Waals surface area (Å²) in [5.74, 6) is -0.748. The number of carbonyl (C=O) groups excluding carboxylic acids is 2. The Labute approximate surface area is 307 Å². The lowest BCUT2D eigenvalue weighted by Crippen LogP contribution is -2.28. The van der Waals surface area contributed by atoms with Crippen molar-refractivity contribution in [3.05, 3.63) is 114 Å². The van der Waals surface area contributed by atoms with E-state index in [1.807, 2.05) is 88.4 Å². The fourth-order valence-electron chi connectivity index (χ4n) is 6.94. The Kier molecular flexibility index (Phi) is 14.8. The molecule has 3 aromatic carbocycles. The number of amides is 2. The number of nitrogens with zero attached hydrogens (tertiary/aromatic N) is 1. The van der Waals surface area contributed by atoms with Gasteiger partial charge in [-0.1, -0.05) is 82.8 Å². The van der Waals surface area contributed by atoms with Gasteiger partial charge in [-0.2, -0.15) is 0 Å². The van der Waals surface area contributed by atoms with Gasteiger partial charge in [0.25, 0.3) is 5.91 Å². The molecule has 0 aliphatic rings. The number of anilines is 1. The van der Waals surface area contributed by atoms with Gasteiger partial charge in [-0.3, -0.25) is 9.59 Å². The number of para-hydroxylation sites is 1. The second-order valence-electron chi connectivity index (χ2n) is 14.4. The highest BCUT2D eigenvalue weighted by Gasteiger charge is 2.31. The second kappa shape index (κ2) is 19.2. The van der Waals surface area contributed by atoms with Gasteiger partial charge >= 0.3 is 0 Å². The third kappa shape index (κ3) is 11.4. The summed E-state index contributed by atoms with van der Waals surface area (Å²) in [6, 6.07) is 25.3. The molecular weight excluding hydrogens is 657 g/mol. The van der Waals surface area contributed by atoms with Gasteiger partial charge in [0.15, 0.2) is 0 Å². The van der Waals surface area contributed by atoms with Crippen molar-refractivity contribution in [2.45, 2.75) is 90.9 Å². The standard InChI is InChI=1S/C43H54FN3O5/c1-28(2)41-40(43(52)46-35-14-10-7-11-15-35)39(32-12-8-6-9-13-32)42(33-16-18-34(44)19-17-33)47(41)23-21-36(49)25-30(4)26-38(51)45-22-20-29(3)24-37(50)27-31(5)48/h6-19,28-30,36-37,48-50H,5,20-27H2,1-4H3,(H,45,51)(H,46,52)/t29-,30-,36-,37-/m1/s1. The molecular formula is C43H54FN3O5. The minimum Gasteiger partial charge on any atom is -0.513 e. The molecule has 0 unspecified atom stereocenters. The second-order valence-corrected chi connectivity index (χ2v) is 14.4. The number of hydrogen-bond acceptors (Lipinski definition) is 5. The normalized spacial score (nSPS) is 13.7. The molecule has 8 nitrogen and oxygen atoms in total. The van der Waals surface area contributed by atoms with Gasteiger partial charge in [-0.25, -0.2) is 4.39 Å². The lowest BCUT2D eigenvalue weighted by molar-refractivity contribution is -0.122. The van der Waals surface area contributed by atoms with Crippen LogP contribution < -0.4 is 10.6 Å².